The standard InChI is InChI=1S/C16H17NO4/c1-2-8-20-12-4-3-5-13-15(12)11(9-21-13)10-6-7-14(18)17-16(10)19/h3-5,9-10H,2,6-8H2,1H3,(H,17,18,19). The van der Waals surface area contributed by atoms with Crippen molar-refractivity contribution in [2.24, 2.45) is 0 Å². The summed E-state index contributed by atoms with van der Waals surface area (Å²) in [5.41, 5.74) is 1.49. The van der Waals surface area contributed by atoms with E-state index in [9.17, 15) is 9.59 Å². The van der Waals surface area contributed by atoms with Gasteiger partial charge in [-0.05, 0) is 25.0 Å². The van der Waals surface area contributed by atoms with Crippen LogP contribution in [0.3, 0.4) is 0 Å². The fraction of sp³-hybridized carbons (Fsp3) is 0.375. The van der Waals surface area contributed by atoms with Crippen LogP contribution in [0.2, 0.25) is 0 Å². The topological polar surface area (TPSA) is 68.5 Å². The summed E-state index contributed by atoms with van der Waals surface area (Å²) in [7, 11) is 0. The number of rotatable bonds is 4. The maximum Gasteiger partial charge on any atom is 0.234 e. The predicted molar refractivity (Wildman–Crippen MR) is 77.1 cm³/mol. The van der Waals surface area contributed by atoms with Crippen molar-refractivity contribution in [3.05, 3.63) is 30.0 Å². The first kappa shape index (κ1) is 13.7. The van der Waals surface area contributed by atoms with Crippen LogP contribution in [-0.2, 0) is 9.59 Å². The zero-order valence-corrected chi connectivity index (χ0v) is 11.8. The van der Waals surface area contributed by atoms with Gasteiger partial charge in [-0.25, -0.2) is 0 Å². The van der Waals surface area contributed by atoms with Crippen molar-refractivity contribution in [1.29, 1.82) is 0 Å². The van der Waals surface area contributed by atoms with Gasteiger partial charge in [0.05, 0.1) is 24.2 Å². The Balaban J connectivity index is 2.02. The Morgan fingerprint density at radius 1 is 1.38 bits per heavy atom. The van der Waals surface area contributed by atoms with E-state index in [0.29, 0.717) is 25.0 Å². The summed E-state index contributed by atoms with van der Waals surface area (Å²) in [5, 5.41) is 3.22. The quantitative estimate of drug-likeness (QED) is 0.878. The maximum absolute atomic E-state index is 12.1. The third kappa shape index (κ3) is 2.51. The van der Waals surface area contributed by atoms with Crippen LogP contribution < -0.4 is 10.1 Å². The van der Waals surface area contributed by atoms with Crippen molar-refractivity contribution in [1.82, 2.24) is 5.32 Å². The van der Waals surface area contributed by atoms with Crippen LogP contribution in [0, 0.1) is 0 Å². The Labute approximate surface area is 122 Å². The molecule has 0 saturated carbocycles. The monoisotopic (exact) mass is 287 g/mol. The highest BCUT2D eigenvalue weighted by Crippen LogP contribution is 2.37. The summed E-state index contributed by atoms with van der Waals surface area (Å²) in [6.45, 7) is 2.65. The molecule has 1 unspecified atom stereocenters. The highest BCUT2D eigenvalue weighted by atomic mass is 16.5. The van der Waals surface area contributed by atoms with Crippen LogP contribution in [0.5, 0.6) is 5.75 Å². The molecular formula is C16H17NO4. The molecule has 1 saturated heterocycles. The lowest BCUT2D eigenvalue weighted by atomic mass is 9.90. The first-order valence-corrected chi connectivity index (χ1v) is 7.17. The van der Waals surface area contributed by atoms with Gasteiger partial charge in [0.2, 0.25) is 11.8 Å². The molecule has 1 aromatic carbocycles. The average Bonchev–Trinajstić information content (AvgIpc) is 2.89. The van der Waals surface area contributed by atoms with E-state index >= 15 is 0 Å². The summed E-state index contributed by atoms with van der Waals surface area (Å²) in [5.74, 6) is -0.121. The Hall–Kier alpha value is -2.30. The maximum atomic E-state index is 12.1. The minimum atomic E-state index is -0.365. The lowest BCUT2D eigenvalue weighted by Gasteiger charge is -2.20. The zero-order chi connectivity index (χ0) is 14.8. The number of fused-ring (bicyclic) bond motifs is 1. The highest BCUT2D eigenvalue weighted by Gasteiger charge is 2.31. The summed E-state index contributed by atoms with van der Waals surface area (Å²) < 4.78 is 11.3. The number of carbonyl (C=O) groups excluding carboxylic acids is 2. The number of amides is 2. The molecule has 2 amide bonds. The Kier molecular flexibility index (Phi) is 3.64. The van der Waals surface area contributed by atoms with Gasteiger partial charge in [-0.2, -0.15) is 0 Å². The predicted octanol–water partition coefficient (Wildman–Crippen LogP) is 2.74. The zero-order valence-electron chi connectivity index (χ0n) is 11.8. The van der Waals surface area contributed by atoms with Gasteiger partial charge >= 0.3 is 0 Å². The molecular weight excluding hydrogens is 270 g/mol. The van der Waals surface area contributed by atoms with Gasteiger partial charge in [-0.15, -0.1) is 0 Å². The lowest BCUT2D eigenvalue weighted by molar-refractivity contribution is -0.134. The Morgan fingerprint density at radius 2 is 2.24 bits per heavy atom. The molecule has 0 radical (unpaired) electrons. The van der Waals surface area contributed by atoms with Crippen molar-refractivity contribution in [2.45, 2.75) is 32.1 Å². The molecule has 1 atom stereocenters. The van der Waals surface area contributed by atoms with E-state index in [2.05, 4.69) is 5.32 Å². The number of hydrogen-bond acceptors (Lipinski definition) is 4. The van der Waals surface area contributed by atoms with E-state index in [1.807, 2.05) is 25.1 Å². The average molecular weight is 287 g/mol. The molecule has 2 heterocycles. The largest absolute Gasteiger partial charge is 0.493 e. The van der Waals surface area contributed by atoms with Crippen molar-refractivity contribution < 1.29 is 18.7 Å². The molecule has 0 aliphatic carbocycles. The number of furan rings is 1. The number of imide groups is 1. The fourth-order valence-electron chi connectivity index (χ4n) is 2.66. The second-order valence-electron chi connectivity index (χ2n) is 5.17. The van der Waals surface area contributed by atoms with Gasteiger partial charge in [0.15, 0.2) is 0 Å². The number of piperidine rings is 1. The highest BCUT2D eigenvalue weighted by molar-refractivity contribution is 6.03. The van der Waals surface area contributed by atoms with Gasteiger partial charge in [0.25, 0.3) is 0 Å². The van der Waals surface area contributed by atoms with Crippen molar-refractivity contribution in [3.63, 3.8) is 0 Å². The van der Waals surface area contributed by atoms with E-state index in [-0.39, 0.29) is 17.7 Å². The van der Waals surface area contributed by atoms with Crippen molar-refractivity contribution >= 4 is 22.8 Å². The SMILES string of the molecule is CCCOc1cccc2occ(C3CCC(=O)NC3=O)c12. The molecule has 3 rings (SSSR count). The molecule has 110 valence electrons. The van der Waals surface area contributed by atoms with Crippen LogP contribution in [0.25, 0.3) is 11.0 Å². The van der Waals surface area contributed by atoms with E-state index in [4.69, 9.17) is 9.15 Å². The molecule has 5 heteroatoms. The van der Waals surface area contributed by atoms with Gasteiger partial charge in [0, 0.05) is 12.0 Å². The smallest absolute Gasteiger partial charge is 0.234 e. The van der Waals surface area contributed by atoms with Gasteiger partial charge < -0.3 is 9.15 Å². The molecule has 21 heavy (non-hydrogen) atoms. The molecule has 1 aromatic heterocycles. The van der Waals surface area contributed by atoms with Crippen LogP contribution >= 0.6 is 0 Å². The number of carbonyl (C=O) groups is 2. The minimum absolute atomic E-state index is 0.216. The minimum Gasteiger partial charge on any atom is -0.493 e. The lowest BCUT2D eigenvalue weighted by Crippen LogP contribution is -2.39. The molecule has 0 spiro atoms. The third-order valence-corrected chi connectivity index (χ3v) is 3.67. The van der Waals surface area contributed by atoms with Crippen LogP contribution in [0.4, 0.5) is 0 Å². The second kappa shape index (κ2) is 5.60. The van der Waals surface area contributed by atoms with E-state index in [0.717, 1.165) is 23.1 Å². The van der Waals surface area contributed by atoms with Gasteiger partial charge in [-0.1, -0.05) is 13.0 Å². The van der Waals surface area contributed by atoms with Crippen molar-refractivity contribution in [2.75, 3.05) is 6.61 Å². The number of benzene rings is 1. The van der Waals surface area contributed by atoms with E-state index < -0.39 is 0 Å². The molecule has 1 fully saturated rings. The number of nitrogens with one attached hydrogen (secondary N) is 1. The number of hydrogen-bond donors (Lipinski definition) is 1. The van der Waals surface area contributed by atoms with E-state index in [1.54, 1.807) is 6.26 Å². The third-order valence-electron chi connectivity index (χ3n) is 3.67. The first-order chi connectivity index (χ1) is 10.2. The summed E-state index contributed by atoms with van der Waals surface area (Å²) >= 11 is 0. The first-order valence-electron chi connectivity index (χ1n) is 7.17. The molecule has 2 aromatic rings. The summed E-state index contributed by atoms with van der Waals surface area (Å²) in [6, 6.07) is 5.59. The van der Waals surface area contributed by atoms with Crippen LogP contribution in [0.1, 0.15) is 37.7 Å². The Bertz CT molecular complexity index is 689. The van der Waals surface area contributed by atoms with Crippen LogP contribution in [0.15, 0.2) is 28.9 Å². The Morgan fingerprint density at radius 3 is 3.00 bits per heavy atom. The molecule has 0 bridgehead atoms. The van der Waals surface area contributed by atoms with Crippen LogP contribution in [-0.4, -0.2) is 18.4 Å². The molecule has 1 N–H and O–H groups in total. The normalized spacial score (nSPS) is 18.8. The number of ether oxygens (including phenoxy) is 1. The van der Waals surface area contributed by atoms with Gasteiger partial charge in [0.1, 0.15) is 11.3 Å². The summed E-state index contributed by atoms with van der Waals surface area (Å²) in [6.07, 6.45) is 3.36. The van der Waals surface area contributed by atoms with Crippen molar-refractivity contribution in [3.8, 4) is 5.75 Å². The summed E-state index contributed by atoms with van der Waals surface area (Å²) in [4.78, 5) is 23.3. The van der Waals surface area contributed by atoms with Gasteiger partial charge in [-0.3, -0.25) is 14.9 Å². The molecule has 1 aliphatic rings. The molecule has 5 nitrogen and oxygen atoms in total. The second-order valence-corrected chi connectivity index (χ2v) is 5.17. The van der Waals surface area contributed by atoms with E-state index in [1.165, 1.54) is 0 Å². The molecule has 1 aliphatic heterocycles. The fourth-order valence-corrected chi connectivity index (χ4v) is 2.66.